The molecular weight excluding hydrogens is 316 g/mol. The predicted molar refractivity (Wildman–Crippen MR) is 91.0 cm³/mol. The molecule has 0 unspecified atom stereocenters. The molecule has 0 amide bonds. The zero-order valence-corrected chi connectivity index (χ0v) is 15.0. The highest BCUT2D eigenvalue weighted by atomic mass is 16.6. The lowest BCUT2D eigenvalue weighted by atomic mass is 10.6. The van der Waals surface area contributed by atoms with Crippen molar-refractivity contribution in [2.24, 2.45) is 0 Å². The fourth-order valence-electron chi connectivity index (χ4n) is 1.48. The van der Waals surface area contributed by atoms with Crippen LogP contribution in [0.5, 0.6) is 0 Å². The first-order chi connectivity index (χ1) is 11.8. The van der Waals surface area contributed by atoms with Crippen LogP contribution in [0.4, 0.5) is 0 Å². The van der Waals surface area contributed by atoms with E-state index in [9.17, 15) is 0 Å². The lowest BCUT2D eigenvalue weighted by Crippen LogP contribution is -2.14. The molecule has 0 aliphatic rings. The van der Waals surface area contributed by atoms with Crippen molar-refractivity contribution < 1.29 is 33.2 Å². The molecule has 7 nitrogen and oxygen atoms in total. The second-order valence-electron chi connectivity index (χ2n) is 4.72. The average Bonchev–Trinajstić information content (AvgIpc) is 2.56. The van der Waals surface area contributed by atoms with Gasteiger partial charge in [-0.3, -0.25) is 0 Å². The minimum atomic E-state index is 0.471. The molecule has 0 saturated heterocycles. The van der Waals surface area contributed by atoms with Crippen molar-refractivity contribution in [1.29, 1.82) is 0 Å². The highest BCUT2D eigenvalue weighted by Crippen LogP contribution is 1.89. The fraction of sp³-hybridized carbons (Fsp3) is 0.824. The third-order valence-electron chi connectivity index (χ3n) is 2.58. The molecule has 7 heteroatoms. The Bertz CT molecular complexity index is 261. The fourth-order valence-corrected chi connectivity index (χ4v) is 1.48. The average molecular weight is 349 g/mol. The monoisotopic (exact) mass is 349 g/mol. The maximum Gasteiger partial charge on any atom is 0.111 e. The van der Waals surface area contributed by atoms with Gasteiger partial charge in [-0.2, -0.15) is 0 Å². The third kappa shape index (κ3) is 21.3. The quantitative estimate of drug-likeness (QED) is 0.244. The molecule has 0 aromatic carbocycles. The van der Waals surface area contributed by atoms with Gasteiger partial charge in [-0.05, 0) is 13.8 Å². The van der Waals surface area contributed by atoms with Crippen molar-refractivity contribution in [3.05, 3.63) is 19.3 Å². The van der Waals surface area contributed by atoms with E-state index in [-0.39, 0.29) is 0 Å². The van der Waals surface area contributed by atoms with Crippen LogP contribution in [0.15, 0.2) is 12.3 Å². The minimum Gasteiger partial charge on any atom is -0.496 e. The van der Waals surface area contributed by atoms with E-state index in [1.807, 2.05) is 6.92 Å². The summed E-state index contributed by atoms with van der Waals surface area (Å²) in [5, 5.41) is 0. The largest absolute Gasteiger partial charge is 0.496 e. The van der Waals surface area contributed by atoms with E-state index >= 15 is 0 Å². The third-order valence-corrected chi connectivity index (χ3v) is 2.58. The highest BCUT2D eigenvalue weighted by molar-refractivity contribution is 4.72. The number of ether oxygens (including phenoxy) is 7. The first-order valence-electron chi connectivity index (χ1n) is 8.31. The van der Waals surface area contributed by atoms with E-state index in [1.165, 1.54) is 0 Å². The molecule has 24 heavy (non-hydrogen) atoms. The summed E-state index contributed by atoms with van der Waals surface area (Å²) in [4.78, 5) is 0. The van der Waals surface area contributed by atoms with Gasteiger partial charge in [-0.25, -0.2) is 0 Å². The normalized spacial score (nSPS) is 10.9. The van der Waals surface area contributed by atoms with Gasteiger partial charge in [0.2, 0.25) is 0 Å². The van der Waals surface area contributed by atoms with Gasteiger partial charge in [0.15, 0.2) is 0 Å². The van der Waals surface area contributed by atoms with E-state index in [1.54, 1.807) is 0 Å². The Morgan fingerprint density at radius 1 is 0.542 bits per heavy atom. The summed E-state index contributed by atoms with van der Waals surface area (Å²) in [7, 11) is 0. The zero-order valence-electron chi connectivity index (χ0n) is 15.0. The summed E-state index contributed by atoms with van der Waals surface area (Å²) >= 11 is 0. The van der Waals surface area contributed by atoms with Gasteiger partial charge in [0.1, 0.15) is 6.61 Å². The van der Waals surface area contributed by atoms with Gasteiger partial charge in [0, 0.05) is 6.61 Å². The number of allylic oxidation sites excluding steroid dienone is 1. The first-order valence-corrected chi connectivity index (χ1v) is 8.31. The Kier molecular flexibility index (Phi) is 19.8. The summed E-state index contributed by atoms with van der Waals surface area (Å²) in [6.45, 7) is 16.0. The summed E-state index contributed by atoms with van der Waals surface area (Å²) in [6.07, 6.45) is 0. The van der Waals surface area contributed by atoms with E-state index in [0.29, 0.717) is 91.6 Å². The summed E-state index contributed by atoms with van der Waals surface area (Å²) < 4.78 is 36.9. The smallest absolute Gasteiger partial charge is 0.111 e. The maximum absolute atomic E-state index is 5.38. The van der Waals surface area contributed by atoms with E-state index < -0.39 is 0 Å². The molecule has 0 N–H and O–H groups in total. The predicted octanol–water partition coefficient (Wildman–Crippen LogP) is 1.47. The molecule has 0 bridgehead atoms. The van der Waals surface area contributed by atoms with Crippen LogP contribution in [-0.2, 0) is 33.2 Å². The molecule has 0 saturated carbocycles. The molecule has 0 heterocycles. The van der Waals surface area contributed by atoms with Gasteiger partial charge in [-0.15, -0.1) is 0 Å². The van der Waals surface area contributed by atoms with Crippen molar-refractivity contribution >= 4 is 0 Å². The Morgan fingerprint density at radius 3 is 1.12 bits per heavy atom. The molecule has 1 radical (unpaired) electrons. The van der Waals surface area contributed by atoms with Crippen molar-refractivity contribution in [3.8, 4) is 0 Å². The van der Waals surface area contributed by atoms with Crippen LogP contribution in [0.25, 0.3) is 0 Å². The molecule has 0 spiro atoms. The Balaban J connectivity index is 2.97. The Labute approximate surface area is 146 Å². The molecule has 0 aliphatic heterocycles. The van der Waals surface area contributed by atoms with Crippen LogP contribution >= 0.6 is 0 Å². The van der Waals surface area contributed by atoms with Crippen LogP contribution in [0.3, 0.4) is 0 Å². The molecule has 0 atom stereocenters. The van der Waals surface area contributed by atoms with Crippen LogP contribution in [0, 0.1) is 6.92 Å². The highest BCUT2D eigenvalue weighted by Gasteiger charge is 1.94. The topological polar surface area (TPSA) is 64.6 Å². The summed E-state index contributed by atoms with van der Waals surface area (Å²) in [5.74, 6) is 0.697. The standard InChI is InChI=1S/C17H33O7/c1-4-18-5-6-19-7-8-20-9-10-21-11-12-22-13-14-23-15-16-24-17(2)3/h1-2,4-16H2,3H3. The number of hydrogen-bond donors (Lipinski definition) is 0. The minimum absolute atomic E-state index is 0.471. The maximum atomic E-state index is 5.38. The van der Waals surface area contributed by atoms with Crippen molar-refractivity contribution in [3.63, 3.8) is 0 Å². The number of hydrogen-bond acceptors (Lipinski definition) is 7. The molecule has 0 fully saturated rings. The molecular formula is C17H33O7. The molecule has 0 rings (SSSR count). The molecule has 0 aromatic heterocycles. The van der Waals surface area contributed by atoms with Gasteiger partial charge in [0.05, 0.1) is 78.4 Å². The van der Waals surface area contributed by atoms with Crippen molar-refractivity contribution in [2.45, 2.75) is 6.92 Å². The zero-order chi connectivity index (χ0) is 17.7. The number of rotatable bonds is 20. The molecule has 143 valence electrons. The van der Waals surface area contributed by atoms with Crippen molar-refractivity contribution in [1.82, 2.24) is 0 Å². The molecule has 0 aromatic rings. The lowest BCUT2D eigenvalue weighted by Gasteiger charge is -2.08. The first kappa shape index (κ1) is 23.3. The van der Waals surface area contributed by atoms with Gasteiger partial charge in [-0.1, -0.05) is 6.58 Å². The van der Waals surface area contributed by atoms with Crippen molar-refractivity contribution in [2.75, 3.05) is 85.9 Å². The van der Waals surface area contributed by atoms with Crippen LogP contribution in [0.2, 0.25) is 0 Å². The summed E-state index contributed by atoms with van der Waals surface area (Å²) in [5.41, 5.74) is 0. The van der Waals surface area contributed by atoms with Gasteiger partial charge < -0.3 is 33.2 Å². The second kappa shape index (κ2) is 20.3. The Morgan fingerprint density at radius 2 is 0.833 bits per heavy atom. The van der Waals surface area contributed by atoms with Gasteiger partial charge >= 0.3 is 0 Å². The van der Waals surface area contributed by atoms with Crippen LogP contribution in [-0.4, -0.2) is 85.9 Å². The van der Waals surface area contributed by atoms with E-state index in [2.05, 4.69) is 13.5 Å². The van der Waals surface area contributed by atoms with Crippen LogP contribution in [0.1, 0.15) is 6.92 Å². The van der Waals surface area contributed by atoms with Gasteiger partial charge in [0.25, 0.3) is 0 Å². The van der Waals surface area contributed by atoms with Crippen LogP contribution < -0.4 is 0 Å². The lowest BCUT2D eigenvalue weighted by molar-refractivity contribution is -0.0179. The summed E-state index contributed by atoms with van der Waals surface area (Å²) in [6, 6.07) is 0. The second-order valence-corrected chi connectivity index (χ2v) is 4.72. The SMILES string of the molecule is [CH2]COCCOCCOCCOCCOCCOCCOC(=C)C. The van der Waals surface area contributed by atoms with E-state index in [0.717, 1.165) is 0 Å². The molecule has 0 aliphatic carbocycles. The Hall–Kier alpha value is -0.700. The van der Waals surface area contributed by atoms with E-state index in [4.69, 9.17) is 33.2 Å².